The molecule has 0 bridgehead atoms. The maximum absolute atomic E-state index is 7.95. The van der Waals surface area contributed by atoms with E-state index in [1.807, 2.05) is 37.4 Å². The number of rotatable bonds is 5. The number of unbranched alkanes of at least 4 members (excludes halogenated alkanes) is 2. The number of aromatic nitrogens is 1. The van der Waals surface area contributed by atoms with Crippen LogP contribution in [0.25, 0.3) is 16.6 Å². The SMILES string of the molecule is CCC(C)C.CCCCC=Nc1c([NH-])nc2ccccc2c1C.[V]. The van der Waals surface area contributed by atoms with Crippen LogP contribution in [0, 0.1) is 12.8 Å². The molecule has 1 N–H and O–H groups in total. The van der Waals surface area contributed by atoms with Crippen LogP contribution in [0.2, 0.25) is 0 Å². The zero-order valence-electron chi connectivity index (χ0n) is 15.6. The van der Waals surface area contributed by atoms with Gasteiger partial charge in [-0.15, -0.1) is 0 Å². The van der Waals surface area contributed by atoms with Crippen molar-refractivity contribution >= 4 is 28.6 Å². The van der Waals surface area contributed by atoms with E-state index in [9.17, 15) is 0 Å². The van der Waals surface area contributed by atoms with Crippen molar-refractivity contribution in [2.45, 2.75) is 60.3 Å². The molecule has 0 unspecified atom stereocenters. The van der Waals surface area contributed by atoms with Gasteiger partial charge in [-0.2, -0.15) is 0 Å². The largest absolute Gasteiger partial charge is 0.480 e. The Morgan fingerprint density at radius 2 is 1.83 bits per heavy atom. The minimum absolute atomic E-state index is 0. The Morgan fingerprint density at radius 3 is 2.42 bits per heavy atom. The monoisotopic (exact) mass is 363 g/mol. The zero-order valence-corrected chi connectivity index (χ0v) is 17.0. The third kappa shape index (κ3) is 7.06. The molecule has 1 aromatic carbocycles. The summed E-state index contributed by atoms with van der Waals surface area (Å²) < 4.78 is 0. The van der Waals surface area contributed by atoms with Gasteiger partial charge in [-0.25, -0.2) is 0 Å². The normalized spacial score (nSPS) is 10.6. The Morgan fingerprint density at radius 1 is 1.21 bits per heavy atom. The molecular weight excluding hydrogens is 333 g/mol. The van der Waals surface area contributed by atoms with Crippen LogP contribution in [0.3, 0.4) is 0 Å². The topological polar surface area (TPSA) is 49.0 Å². The van der Waals surface area contributed by atoms with Crippen molar-refractivity contribution in [1.82, 2.24) is 4.98 Å². The van der Waals surface area contributed by atoms with E-state index in [0.29, 0.717) is 5.69 Å². The van der Waals surface area contributed by atoms with E-state index in [4.69, 9.17) is 5.73 Å². The number of hydrogen-bond acceptors (Lipinski definition) is 2. The molecule has 0 aliphatic rings. The number of fused-ring (bicyclic) bond motifs is 1. The van der Waals surface area contributed by atoms with Gasteiger partial charge in [0.05, 0.1) is 5.69 Å². The molecule has 2 aromatic rings. The summed E-state index contributed by atoms with van der Waals surface area (Å²) in [6, 6.07) is 7.90. The van der Waals surface area contributed by atoms with Crippen molar-refractivity contribution in [3.8, 4) is 0 Å². The van der Waals surface area contributed by atoms with Crippen LogP contribution < -0.4 is 0 Å². The van der Waals surface area contributed by atoms with Crippen LogP contribution in [0.1, 0.15) is 58.9 Å². The molecule has 0 atom stereocenters. The summed E-state index contributed by atoms with van der Waals surface area (Å²) in [5, 5.41) is 1.08. The molecule has 0 fully saturated rings. The number of para-hydroxylation sites is 1. The minimum Gasteiger partial charge on any atom is -0.480 e. The Hall–Kier alpha value is -1.32. The van der Waals surface area contributed by atoms with Crippen LogP contribution >= 0.6 is 0 Å². The molecule has 131 valence electrons. The molecule has 2 rings (SSSR count). The number of pyridine rings is 1. The van der Waals surface area contributed by atoms with Crippen molar-refractivity contribution < 1.29 is 18.6 Å². The fraction of sp³-hybridized carbons (Fsp3) is 0.500. The smallest absolute Gasteiger partial charge is 0.0647 e. The number of benzene rings is 1. The molecule has 0 aliphatic carbocycles. The van der Waals surface area contributed by atoms with Gasteiger partial charge in [0, 0.05) is 24.8 Å². The minimum atomic E-state index is 0. The van der Waals surface area contributed by atoms with E-state index in [0.717, 1.165) is 41.6 Å². The molecule has 0 spiro atoms. The maximum Gasteiger partial charge on any atom is 0.0647 e. The van der Waals surface area contributed by atoms with E-state index in [-0.39, 0.29) is 24.4 Å². The summed E-state index contributed by atoms with van der Waals surface area (Å²) in [6.45, 7) is 10.8. The van der Waals surface area contributed by atoms with Crippen LogP contribution in [0.4, 0.5) is 11.5 Å². The first kappa shape index (κ1) is 22.7. The molecule has 0 saturated heterocycles. The number of aliphatic imine (C=N–C) groups is 1. The molecule has 3 nitrogen and oxygen atoms in total. The van der Waals surface area contributed by atoms with Gasteiger partial charge in [-0.05, 0) is 48.0 Å². The van der Waals surface area contributed by atoms with Crippen LogP contribution in [-0.4, -0.2) is 11.2 Å². The first-order valence-electron chi connectivity index (χ1n) is 8.64. The van der Waals surface area contributed by atoms with Crippen LogP contribution in [0.15, 0.2) is 29.3 Å². The van der Waals surface area contributed by atoms with Gasteiger partial charge in [0.1, 0.15) is 0 Å². The third-order valence-corrected chi connectivity index (χ3v) is 3.84. The van der Waals surface area contributed by atoms with Crippen molar-refractivity contribution in [3.05, 3.63) is 35.6 Å². The molecule has 24 heavy (non-hydrogen) atoms. The maximum atomic E-state index is 7.95. The summed E-state index contributed by atoms with van der Waals surface area (Å²) in [6.07, 6.45) is 6.47. The van der Waals surface area contributed by atoms with Gasteiger partial charge in [-0.1, -0.05) is 64.8 Å². The second-order valence-electron chi connectivity index (χ2n) is 6.21. The fourth-order valence-electron chi connectivity index (χ4n) is 1.98. The molecule has 1 heterocycles. The standard InChI is InChI=1S/C15H18N3.C5H12.V/c1-3-4-7-10-17-14-11(2)12-8-5-6-9-13(12)18-15(14)16;1-4-5(2)3;/h5-6,8-10H,3-4,7H2,1-2H3,(H-,16,18);5H,4H2,1-3H3;/q-1;;. The molecule has 0 aliphatic heterocycles. The van der Waals surface area contributed by atoms with E-state index >= 15 is 0 Å². The van der Waals surface area contributed by atoms with Gasteiger partial charge in [-0.3, -0.25) is 4.99 Å². The van der Waals surface area contributed by atoms with Crippen LogP contribution in [-0.2, 0) is 18.6 Å². The van der Waals surface area contributed by atoms with E-state index in [1.165, 1.54) is 6.42 Å². The average molecular weight is 363 g/mol. The van der Waals surface area contributed by atoms with Crippen molar-refractivity contribution in [1.29, 1.82) is 0 Å². The third-order valence-electron chi connectivity index (χ3n) is 3.84. The van der Waals surface area contributed by atoms with Gasteiger partial charge in [0.2, 0.25) is 0 Å². The summed E-state index contributed by atoms with van der Waals surface area (Å²) in [7, 11) is 0. The van der Waals surface area contributed by atoms with Gasteiger partial charge < -0.3 is 10.7 Å². The Balaban J connectivity index is 0.000000777. The molecule has 0 amide bonds. The number of hydrogen-bond donors (Lipinski definition) is 0. The molecule has 1 radical (unpaired) electrons. The van der Waals surface area contributed by atoms with Gasteiger partial charge >= 0.3 is 0 Å². The molecular formula is C20H30N3V-. The van der Waals surface area contributed by atoms with Crippen LogP contribution in [0.5, 0.6) is 0 Å². The zero-order chi connectivity index (χ0) is 17.2. The average Bonchev–Trinajstić information content (AvgIpc) is 2.54. The first-order chi connectivity index (χ1) is 11.0. The second kappa shape index (κ2) is 12.1. The van der Waals surface area contributed by atoms with Gasteiger partial charge in [0.15, 0.2) is 0 Å². The van der Waals surface area contributed by atoms with E-state index in [2.05, 4.69) is 37.7 Å². The summed E-state index contributed by atoms with van der Waals surface area (Å²) in [5.41, 5.74) is 10.6. The Bertz CT molecular complexity index is 636. The molecule has 1 aromatic heterocycles. The quantitative estimate of drug-likeness (QED) is 0.410. The van der Waals surface area contributed by atoms with Crippen molar-refractivity contribution in [3.63, 3.8) is 0 Å². The number of nitrogens with zero attached hydrogens (tertiary/aromatic N) is 2. The van der Waals surface area contributed by atoms with E-state index < -0.39 is 0 Å². The van der Waals surface area contributed by atoms with Crippen molar-refractivity contribution in [2.24, 2.45) is 10.9 Å². The summed E-state index contributed by atoms with van der Waals surface area (Å²) in [5.74, 6) is 1.15. The predicted molar refractivity (Wildman–Crippen MR) is 103 cm³/mol. The number of aryl methyl sites for hydroxylation is 1. The summed E-state index contributed by atoms with van der Waals surface area (Å²) >= 11 is 0. The van der Waals surface area contributed by atoms with Gasteiger partial charge in [0.25, 0.3) is 0 Å². The Labute approximate surface area is 159 Å². The Kier molecular flexibility index (Phi) is 11.4. The predicted octanol–water partition coefficient (Wildman–Crippen LogP) is 7.17. The molecule has 0 saturated carbocycles. The molecule has 4 heteroatoms. The fourth-order valence-corrected chi connectivity index (χ4v) is 1.98. The first-order valence-corrected chi connectivity index (χ1v) is 8.64. The summed E-state index contributed by atoms with van der Waals surface area (Å²) in [4.78, 5) is 8.71. The second-order valence-corrected chi connectivity index (χ2v) is 6.21. The van der Waals surface area contributed by atoms with E-state index in [1.54, 1.807) is 0 Å². The number of nitrogens with one attached hydrogen (secondary N) is 1. The van der Waals surface area contributed by atoms with Crippen molar-refractivity contribution in [2.75, 3.05) is 0 Å².